The van der Waals surface area contributed by atoms with Crippen LogP contribution in [-0.2, 0) is 11.3 Å². The summed E-state index contributed by atoms with van der Waals surface area (Å²) in [6.07, 6.45) is 2.37. The molecule has 3 aromatic rings. The molecular weight excluding hydrogens is 444 g/mol. The number of aliphatic carboxylic acids is 1. The molecular formula is C28H32N2O5. The Hall–Kier alpha value is -3.87. The highest BCUT2D eigenvalue weighted by Crippen LogP contribution is 2.23. The summed E-state index contributed by atoms with van der Waals surface area (Å²) in [5.74, 6) is -0.136. The second-order valence-electron chi connectivity index (χ2n) is 8.69. The first kappa shape index (κ1) is 25.7. The van der Waals surface area contributed by atoms with Crippen molar-refractivity contribution in [2.75, 3.05) is 6.61 Å². The number of amides is 1. The number of para-hydroxylation sites is 1. The fourth-order valence-electron chi connectivity index (χ4n) is 3.76. The Labute approximate surface area is 205 Å². The zero-order valence-electron chi connectivity index (χ0n) is 20.2. The summed E-state index contributed by atoms with van der Waals surface area (Å²) in [6, 6.07) is 19.8. The fourth-order valence-corrected chi connectivity index (χ4v) is 3.76. The van der Waals surface area contributed by atoms with Gasteiger partial charge < -0.3 is 19.7 Å². The molecule has 0 saturated carbocycles. The minimum absolute atomic E-state index is 0.0308. The van der Waals surface area contributed by atoms with Crippen LogP contribution in [0.4, 0.5) is 0 Å². The molecule has 0 radical (unpaired) electrons. The zero-order chi connectivity index (χ0) is 25.2. The van der Waals surface area contributed by atoms with E-state index in [1.54, 1.807) is 23.1 Å². The third-order valence-corrected chi connectivity index (χ3v) is 5.70. The van der Waals surface area contributed by atoms with Crippen LogP contribution in [0.15, 0.2) is 71.5 Å². The molecule has 0 spiro atoms. The second kappa shape index (κ2) is 12.6. The molecule has 1 heterocycles. The number of aromatic nitrogens is 1. The van der Waals surface area contributed by atoms with Crippen LogP contribution < -0.4 is 10.3 Å². The van der Waals surface area contributed by atoms with Crippen molar-refractivity contribution < 1.29 is 19.4 Å². The van der Waals surface area contributed by atoms with Gasteiger partial charge in [-0.2, -0.15) is 0 Å². The van der Waals surface area contributed by atoms with Gasteiger partial charge in [-0.1, -0.05) is 36.4 Å². The van der Waals surface area contributed by atoms with Gasteiger partial charge in [0.15, 0.2) is 0 Å². The van der Waals surface area contributed by atoms with Crippen LogP contribution in [0.1, 0.15) is 55.5 Å². The van der Waals surface area contributed by atoms with E-state index in [1.807, 2.05) is 56.3 Å². The Morgan fingerprint density at radius 2 is 1.69 bits per heavy atom. The minimum atomic E-state index is -0.778. The highest BCUT2D eigenvalue weighted by atomic mass is 16.5. The maximum Gasteiger partial charge on any atom is 0.303 e. The van der Waals surface area contributed by atoms with Gasteiger partial charge in [-0.05, 0) is 62.9 Å². The van der Waals surface area contributed by atoms with Crippen LogP contribution in [0.3, 0.4) is 0 Å². The van der Waals surface area contributed by atoms with Crippen LogP contribution in [0.25, 0.3) is 11.3 Å². The number of carboxylic acid groups (broad SMARTS) is 1. The van der Waals surface area contributed by atoms with Crippen LogP contribution in [0.5, 0.6) is 5.75 Å². The van der Waals surface area contributed by atoms with Crippen LogP contribution in [-0.4, -0.2) is 39.5 Å². The standard InChI is InChI=1S/C28H32N2O5/c1-20(2)30(19-23-9-5-6-11-25(23)35-18-7-3-4-13-27(32)33)28(34)22-16-14-21(15-17-22)24-10-8-12-26(31)29-24/h5-6,8-12,14-17,20H,3-4,7,13,18-19H2,1-2H3,(H,29,31)(H,32,33). The van der Waals surface area contributed by atoms with Crippen molar-refractivity contribution in [3.8, 4) is 17.0 Å². The smallest absolute Gasteiger partial charge is 0.303 e. The summed E-state index contributed by atoms with van der Waals surface area (Å²) < 4.78 is 5.97. The van der Waals surface area contributed by atoms with Crippen LogP contribution in [0.2, 0.25) is 0 Å². The van der Waals surface area contributed by atoms with Gasteiger partial charge >= 0.3 is 5.97 Å². The normalized spacial score (nSPS) is 10.8. The highest BCUT2D eigenvalue weighted by Gasteiger charge is 2.21. The first-order valence-corrected chi connectivity index (χ1v) is 11.9. The molecule has 7 nitrogen and oxygen atoms in total. The lowest BCUT2D eigenvalue weighted by Gasteiger charge is -2.28. The van der Waals surface area contributed by atoms with Gasteiger partial charge in [0.25, 0.3) is 5.91 Å². The first-order chi connectivity index (χ1) is 16.8. The topological polar surface area (TPSA) is 99.7 Å². The number of carbonyl (C=O) groups excluding carboxylic acids is 1. The molecule has 3 rings (SSSR count). The van der Waals surface area contributed by atoms with Crippen molar-refractivity contribution in [2.24, 2.45) is 0 Å². The molecule has 1 amide bonds. The predicted octanol–water partition coefficient (Wildman–Crippen LogP) is 5.12. The molecule has 0 fully saturated rings. The van der Waals surface area contributed by atoms with E-state index in [9.17, 15) is 14.4 Å². The van der Waals surface area contributed by atoms with Crippen molar-refractivity contribution >= 4 is 11.9 Å². The van der Waals surface area contributed by atoms with Crippen molar-refractivity contribution in [3.63, 3.8) is 0 Å². The van der Waals surface area contributed by atoms with Crippen LogP contribution in [0, 0.1) is 0 Å². The second-order valence-corrected chi connectivity index (χ2v) is 8.69. The van der Waals surface area contributed by atoms with E-state index < -0.39 is 5.97 Å². The Morgan fingerprint density at radius 3 is 2.37 bits per heavy atom. The van der Waals surface area contributed by atoms with Crippen molar-refractivity contribution in [1.29, 1.82) is 0 Å². The number of aromatic amines is 1. The average molecular weight is 477 g/mol. The molecule has 184 valence electrons. The highest BCUT2D eigenvalue weighted by molar-refractivity contribution is 5.94. The van der Waals surface area contributed by atoms with Gasteiger partial charge in [0, 0.05) is 41.9 Å². The van der Waals surface area contributed by atoms with Crippen molar-refractivity contribution in [1.82, 2.24) is 9.88 Å². The molecule has 0 aliphatic rings. The number of nitrogens with zero attached hydrogens (tertiary/aromatic N) is 1. The summed E-state index contributed by atoms with van der Waals surface area (Å²) >= 11 is 0. The van der Waals surface area contributed by atoms with Gasteiger partial charge in [-0.3, -0.25) is 14.4 Å². The molecule has 2 aromatic carbocycles. The molecule has 0 bridgehead atoms. The van der Waals surface area contributed by atoms with Crippen LogP contribution >= 0.6 is 0 Å². The molecule has 35 heavy (non-hydrogen) atoms. The zero-order valence-corrected chi connectivity index (χ0v) is 20.2. The molecule has 0 unspecified atom stereocenters. The SMILES string of the molecule is CC(C)N(Cc1ccccc1OCCCCCC(=O)O)C(=O)c1ccc(-c2cccc(=O)[nH]2)cc1. The molecule has 1 aromatic heterocycles. The van der Waals surface area contributed by atoms with Gasteiger partial charge in [0.05, 0.1) is 6.61 Å². The Balaban J connectivity index is 1.67. The maximum atomic E-state index is 13.4. The lowest BCUT2D eigenvalue weighted by Crippen LogP contribution is -2.36. The third kappa shape index (κ3) is 7.57. The minimum Gasteiger partial charge on any atom is -0.493 e. The molecule has 7 heteroatoms. The summed E-state index contributed by atoms with van der Waals surface area (Å²) in [4.78, 5) is 40.2. The molecule has 2 N–H and O–H groups in total. The monoisotopic (exact) mass is 476 g/mol. The number of H-pyrrole nitrogens is 1. The molecule has 0 saturated heterocycles. The summed E-state index contributed by atoms with van der Waals surface area (Å²) in [5.41, 5.74) is 2.84. The number of ether oxygens (including phenoxy) is 1. The molecule has 0 atom stereocenters. The molecule has 0 aliphatic carbocycles. The third-order valence-electron chi connectivity index (χ3n) is 5.70. The number of benzene rings is 2. The van der Waals surface area contributed by atoms with E-state index in [-0.39, 0.29) is 23.9 Å². The van der Waals surface area contributed by atoms with Crippen molar-refractivity contribution in [2.45, 2.75) is 52.1 Å². The Morgan fingerprint density at radius 1 is 0.943 bits per heavy atom. The van der Waals surface area contributed by atoms with E-state index in [0.29, 0.717) is 30.8 Å². The van der Waals surface area contributed by atoms with Gasteiger partial charge in [0.2, 0.25) is 5.56 Å². The first-order valence-electron chi connectivity index (χ1n) is 11.9. The fraction of sp³-hybridized carbons (Fsp3) is 0.321. The number of hydrogen-bond donors (Lipinski definition) is 2. The Kier molecular flexibility index (Phi) is 9.23. The predicted molar refractivity (Wildman–Crippen MR) is 136 cm³/mol. The van der Waals surface area contributed by atoms with E-state index in [1.165, 1.54) is 6.07 Å². The summed E-state index contributed by atoms with van der Waals surface area (Å²) in [6.45, 7) is 4.86. The van der Waals surface area contributed by atoms with Gasteiger partial charge in [-0.25, -0.2) is 0 Å². The lowest BCUT2D eigenvalue weighted by molar-refractivity contribution is -0.137. The number of pyridine rings is 1. The number of carboxylic acids is 1. The van der Waals surface area contributed by atoms with E-state index >= 15 is 0 Å². The van der Waals surface area contributed by atoms with E-state index in [2.05, 4.69) is 4.98 Å². The number of nitrogens with one attached hydrogen (secondary N) is 1. The largest absolute Gasteiger partial charge is 0.493 e. The summed E-state index contributed by atoms with van der Waals surface area (Å²) in [5, 5.41) is 8.74. The quantitative estimate of drug-likeness (QED) is 0.354. The van der Waals surface area contributed by atoms with E-state index in [4.69, 9.17) is 9.84 Å². The number of carbonyl (C=O) groups is 2. The lowest BCUT2D eigenvalue weighted by atomic mass is 10.1. The summed E-state index contributed by atoms with van der Waals surface area (Å²) in [7, 11) is 0. The van der Waals surface area contributed by atoms with Gasteiger partial charge in [-0.15, -0.1) is 0 Å². The van der Waals surface area contributed by atoms with E-state index in [0.717, 1.165) is 29.7 Å². The van der Waals surface area contributed by atoms with Crippen molar-refractivity contribution in [3.05, 3.63) is 88.2 Å². The number of unbranched alkanes of at least 4 members (excludes halogenated alkanes) is 2. The van der Waals surface area contributed by atoms with Gasteiger partial charge in [0.1, 0.15) is 5.75 Å². The molecule has 0 aliphatic heterocycles. The maximum absolute atomic E-state index is 13.4. The number of hydrogen-bond acceptors (Lipinski definition) is 4. The number of rotatable bonds is 12. The average Bonchev–Trinajstić information content (AvgIpc) is 2.84. The Bertz CT molecular complexity index is 1180.